The van der Waals surface area contributed by atoms with E-state index in [1.165, 1.54) is 6.92 Å². The molecule has 1 rings (SSSR count). The average Bonchev–Trinajstić information content (AvgIpc) is 1.98. The van der Waals surface area contributed by atoms with Crippen molar-refractivity contribution in [3.8, 4) is 0 Å². The first kappa shape index (κ1) is 12.0. The molecule has 0 radical (unpaired) electrons. The fourth-order valence-electron chi connectivity index (χ4n) is 0.965. The topological polar surface area (TPSA) is 58.9 Å². The van der Waals surface area contributed by atoms with Crippen molar-refractivity contribution in [2.75, 3.05) is 0 Å². The Balaban J connectivity index is 2.82. The van der Waals surface area contributed by atoms with Gasteiger partial charge in [0.15, 0.2) is 10.6 Å². The number of hydrogen-bond acceptors (Lipinski definition) is 4. The zero-order valence-electron chi connectivity index (χ0n) is 7.21. The molecule has 0 bridgehead atoms. The van der Waals surface area contributed by atoms with E-state index < -0.39 is 21.9 Å². The second-order valence-corrected chi connectivity index (χ2v) is 4.94. The first-order valence-electron chi connectivity index (χ1n) is 3.79. The summed E-state index contributed by atoms with van der Waals surface area (Å²) >= 11 is 17.2. The number of aliphatic hydroxyl groups excluding tert-OH is 1. The molecule has 2 unspecified atom stereocenters. The number of ether oxygens (including phenoxy) is 1. The van der Waals surface area contributed by atoms with E-state index in [2.05, 4.69) is 9.73 Å². The maximum atomic E-state index is 10.6. The molecule has 4 nitrogen and oxygen atoms in total. The van der Waals surface area contributed by atoms with Gasteiger partial charge in [-0.05, 0) is 0 Å². The van der Waals surface area contributed by atoms with E-state index >= 15 is 0 Å². The van der Waals surface area contributed by atoms with E-state index in [0.29, 0.717) is 0 Å². The third kappa shape index (κ3) is 2.73. The summed E-state index contributed by atoms with van der Waals surface area (Å²) in [5, 5.41) is 8.63. The number of carbonyl (C=O) groups excluding carboxylic acids is 1. The lowest BCUT2D eigenvalue weighted by atomic mass is 10.1. The van der Waals surface area contributed by atoms with Crippen LogP contribution in [0.4, 0.5) is 0 Å². The van der Waals surface area contributed by atoms with Gasteiger partial charge >= 0.3 is 5.97 Å². The van der Waals surface area contributed by atoms with Crippen molar-refractivity contribution in [1.29, 1.82) is 0 Å². The third-order valence-electron chi connectivity index (χ3n) is 1.59. The van der Waals surface area contributed by atoms with Crippen LogP contribution in [0.25, 0.3) is 0 Å². The number of hydrogen-bond donors (Lipinski definition) is 1. The minimum absolute atomic E-state index is 0.0522. The van der Waals surface area contributed by atoms with Crippen molar-refractivity contribution < 1.29 is 14.6 Å². The van der Waals surface area contributed by atoms with Crippen molar-refractivity contribution in [3.05, 3.63) is 0 Å². The Labute approximate surface area is 95.8 Å². The quantitative estimate of drug-likeness (QED) is 0.530. The van der Waals surface area contributed by atoms with Crippen molar-refractivity contribution >= 4 is 46.7 Å². The lowest BCUT2D eigenvalue weighted by molar-refractivity contribution is -0.133. The number of rotatable bonds is 0. The van der Waals surface area contributed by atoms with Gasteiger partial charge < -0.3 is 9.84 Å². The molecule has 80 valence electrons. The predicted molar refractivity (Wildman–Crippen MR) is 53.9 cm³/mol. The van der Waals surface area contributed by atoms with Crippen LogP contribution in [0.15, 0.2) is 4.99 Å². The Morgan fingerprint density at radius 1 is 1.71 bits per heavy atom. The van der Waals surface area contributed by atoms with Crippen LogP contribution in [0, 0.1) is 0 Å². The highest BCUT2D eigenvalue weighted by molar-refractivity contribution is 6.50. The Kier molecular flexibility index (Phi) is 3.63. The molecular formula is C7H8Cl3NO3. The number of nitrogens with zero attached hydrogens (tertiary/aromatic N) is 1. The molecule has 0 aromatic rings. The molecule has 0 saturated heterocycles. The number of alkyl halides is 3. The largest absolute Gasteiger partial charge is 0.410 e. The summed E-state index contributed by atoms with van der Waals surface area (Å²) in [4.78, 5) is 14.2. The summed E-state index contributed by atoms with van der Waals surface area (Å²) in [7, 11) is 0. The van der Waals surface area contributed by atoms with Gasteiger partial charge in [0, 0.05) is 13.3 Å². The number of aliphatic hydroxyl groups is 1. The lowest BCUT2D eigenvalue weighted by Gasteiger charge is -2.30. The van der Waals surface area contributed by atoms with Gasteiger partial charge in [0.2, 0.25) is 5.90 Å². The summed E-state index contributed by atoms with van der Waals surface area (Å²) in [5.74, 6) is -0.609. The third-order valence-corrected chi connectivity index (χ3v) is 2.63. The zero-order chi connectivity index (χ0) is 10.9. The maximum Gasteiger partial charge on any atom is 0.309 e. The molecule has 0 aliphatic carbocycles. The number of aliphatic imine (C=N–C) groups is 1. The number of esters is 1. The van der Waals surface area contributed by atoms with E-state index in [4.69, 9.17) is 34.8 Å². The molecule has 1 N–H and O–H groups in total. The lowest BCUT2D eigenvalue weighted by Crippen LogP contribution is -2.41. The first-order chi connectivity index (χ1) is 6.33. The van der Waals surface area contributed by atoms with Gasteiger partial charge in [-0.25, -0.2) is 4.99 Å². The molecule has 14 heavy (non-hydrogen) atoms. The molecular weight excluding hydrogens is 252 g/mol. The molecule has 0 amide bonds. The van der Waals surface area contributed by atoms with Crippen LogP contribution in [0.2, 0.25) is 0 Å². The van der Waals surface area contributed by atoms with Gasteiger partial charge in [0.25, 0.3) is 0 Å². The van der Waals surface area contributed by atoms with Crippen molar-refractivity contribution in [2.45, 2.75) is 29.3 Å². The fraction of sp³-hybridized carbons (Fsp3) is 0.714. The molecule has 2 atom stereocenters. The van der Waals surface area contributed by atoms with E-state index in [9.17, 15) is 9.90 Å². The number of carbonyl (C=O) groups is 1. The highest BCUT2D eigenvalue weighted by Gasteiger charge is 2.42. The number of halogens is 3. The summed E-state index contributed by atoms with van der Waals surface area (Å²) in [6.45, 7) is 1.21. The Morgan fingerprint density at radius 2 is 2.29 bits per heavy atom. The normalized spacial score (nSPS) is 30.8. The van der Waals surface area contributed by atoms with Gasteiger partial charge in [-0.2, -0.15) is 0 Å². The molecule has 0 aromatic carbocycles. The van der Waals surface area contributed by atoms with Gasteiger partial charge in [0.1, 0.15) is 5.38 Å². The maximum absolute atomic E-state index is 10.6. The van der Waals surface area contributed by atoms with E-state index in [0.717, 1.165) is 0 Å². The van der Waals surface area contributed by atoms with Gasteiger partial charge in [-0.3, -0.25) is 4.79 Å². The summed E-state index contributed by atoms with van der Waals surface area (Å²) in [6.07, 6.45) is -1.28. The molecule has 0 fully saturated rings. The molecule has 0 saturated carbocycles. The minimum Gasteiger partial charge on any atom is -0.410 e. The van der Waals surface area contributed by atoms with Crippen LogP contribution in [0.1, 0.15) is 13.3 Å². The Hall–Kier alpha value is -0.0300. The predicted octanol–water partition coefficient (Wildman–Crippen LogP) is 1.45. The van der Waals surface area contributed by atoms with Crippen molar-refractivity contribution in [3.63, 3.8) is 0 Å². The van der Waals surface area contributed by atoms with Crippen molar-refractivity contribution in [2.24, 2.45) is 4.99 Å². The SMILES string of the molecule is CC(=O)OC1=NC(O)C(Cl)(Cl)CC1Cl. The molecule has 1 heterocycles. The van der Waals surface area contributed by atoms with Crippen LogP contribution in [0.3, 0.4) is 0 Å². The minimum atomic E-state index is -1.43. The van der Waals surface area contributed by atoms with Crippen molar-refractivity contribution in [1.82, 2.24) is 0 Å². The van der Waals surface area contributed by atoms with Crippen LogP contribution < -0.4 is 0 Å². The summed E-state index contributed by atoms with van der Waals surface area (Å²) < 4.78 is 3.23. The first-order valence-corrected chi connectivity index (χ1v) is 4.98. The molecule has 0 spiro atoms. The monoisotopic (exact) mass is 259 g/mol. The van der Waals surface area contributed by atoms with Crippen LogP contribution >= 0.6 is 34.8 Å². The van der Waals surface area contributed by atoms with Gasteiger partial charge in [-0.1, -0.05) is 23.2 Å². The standard InChI is InChI=1S/C7H8Cl3NO3/c1-3(12)14-5-4(8)2-7(9,10)6(13)11-5/h4,6,13H,2H2,1H3. The highest BCUT2D eigenvalue weighted by atomic mass is 35.5. The van der Waals surface area contributed by atoms with E-state index in [1.807, 2.05) is 0 Å². The molecule has 7 heteroatoms. The summed E-state index contributed by atoms with van der Waals surface area (Å²) in [5.41, 5.74) is 0. The molecule has 0 aromatic heterocycles. The zero-order valence-corrected chi connectivity index (χ0v) is 9.47. The van der Waals surface area contributed by atoms with E-state index in [1.54, 1.807) is 0 Å². The van der Waals surface area contributed by atoms with Crippen LogP contribution in [0.5, 0.6) is 0 Å². The highest BCUT2D eigenvalue weighted by Crippen LogP contribution is 2.37. The Bertz CT molecular complexity index is 279. The Morgan fingerprint density at radius 3 is 2.79 bits per heavy atom. The second-order valence-electron chi connectivity index (χ2n) is 2.87. The summed E-state index contributed by atoms with van der Waals surface area (Å²) in [6, 6.07) is 0. The van der Waals surface area contributed by atoms with Crippen LogP contribution in [-0.4, -0.2) is 32.9 Å². The fourth-order valence-corrected chi connectivity index (χ4v) is 1.87. The van der Waals surface area contributed by atoms with Crippen LogP contribution in [-0.2, 0) is 9.53 Å². The second kappa shape index (κ2) is 4.23. The molecule has 1 aliphatic rings. The van der Waals surface area contributed by atoms with E-state index in [-0.39, 0.29) is 12.3 Å². The molecule has 1 aliphatic heterocycles. The van der Waals surface area contributed by atoms with Gasteiger partial charge in [0.05, 0.1) is 0 Å². The van der Waals surface area contributed by atoms with Gasteiger partial charge in [-0.15, -0.1) is 11.6 Å². The average molecular weight is 261 g/mol. The smallest absolute Gasteiger partial charge is 0.309 e.